The number of methoxy groups -OCH3 is 2. The second-order valence-electron chi connectivity index (χ2n) is 14.7. The Balaban J connectivity index is -0.0000000275. The van der Waals surface area contributed by atoms with Crippen molar-refractivity contribution < 1.29 is 29.0 Å². The standard InChI is InChI=1S/C7H17N.C6H12O2.C6H12.C5H11NO.C5H10O2.C5H12O.C4H10.7CH4/c1-7(2)5-6-8(3)4;1-5(2)4-6(7)8-3;1-4-5-6(2)3;2*1-4(2)3-5(6)7;1-5(2)4-6-3;1-4(2)3;;;;;;;/h7H,5-6H2,1-4H3;5H,4H2,1-3H3;4,6H,1,5H2,2-3H3;4H,3H2,1-2H3,(H2,6,7);4H,3H2,1-2H3,(H,6,7);5H,4H2,1-3H3;4H,1-3H3;7*1H4. The number of ether oxygens (including phenoxy) is 2. The topological polar surface area (TPSA) is 119 Å². The monoisotopic (exact) mass is 777 g/mol. The van der Waals surface area contributed by atoms with Gasteiger partial charge in [0.2, 0.25) is 5.91 Å². The molecule has 0 bridgehead atoms. The second kappa shape index (κ2) is 71.5. The summed E-state index contributed by atoms with van der Waals surface area (Å²) in [6.45, 7) is 37.0. The summed E-state index contributed by atoms with van der Waals surface area (Å²) in [5.74, 6) is 3.16. The highest BCUT2D eigenvalue weighted by atomic mass is 16.5. The molecule has 8 heteroatoms. The summed E-state index contributed by atoms with van der Waals surface area (Å²) < 4.78 is 9.23. The third kappa shape index (κ3) is 217. The molecule has 0 aliphatic rings. The third-order valence-corrected chi connectivity index (χ3v) is 4.29. The molecular weight excluding hydrogens is 665 g/mol. The number of hydrogen-bond acceptors (Lipinski definition) is 6. The first kappa shape index (κ1) is 93.2. The lowest BCUT2D eigenvalue weighted by Crippen LogP contribution is -2.14. The van der Waals surface area contributed by atoms with E-state index in [4.69, 9.17) is 15.6 Å². The van der Waals surface area contributed by atoms with Crippen LogP contribution >= 0.6 is 0 Å². The number of nitrogens with zero attached hydrogens (tertiary/aromatic N) is 1. The van der Waals surface area contributed by atoms with E-state index in [2.05, 4.69) is 92.6 Å². The average molecular weight is 777 g/mol. The largest absolute Gasteiger partial charge is 0.481 e. The number of carbonyl (C=O) groups excluding carboxylic acids is 2. The minimum atomic E-state index is -0.713. The van der Waals surface area contributed by atoms with Gasteiger partial charge >= 0.3 is 11.9 Å². The van der Waals surface area contributed by atoms with Crippen molar-refractivity contribution in [3.8, 4) is 0 Å². The predicted molar refractivity (Wildman–Crippen MR) is 249 cm³/mol. The Morgan fingerprint density at radius 1 is 0.623 bits per heavy atom. The number of carboxylic acid groups (broad SMARTS) is 1. The van der Waals surface area contributed by atoms with Crippen LogP contribution in [0.4, 0.5) is 0 Å². The molecule has 1 amide bonds. The number of hydrogen-bond donors (Lipinski definition) is 2. The first-order chi connectivity index (χ1) is 20.8. The van der Waals surface area contributed by atoms with E-state index < -0.39 is 5.97 Å². The molecule has 0 aromatic rings. The van der Waals surface area contributed by atoms with Crippen LogP contribution in [0, 0.1) is 41.4 Å². The summed E-state index contributed by atoms with van der Waals surface area (Å²) in [6, 6.07) is 0. The number of carbonyl (C=O) groups is 3. The lowest BCUT2D eigenvalue weighted by molar-refractivity contribution is -0.141. The minimum absolute atomic E-state index is 0. The van der Waals surface area contributed by atoms with E-state index in [0.717, 1.165) is 30.8 Å². The van der Waals surface area contributed by atoms with E-state index in [9.17, 15) is 14.4 Å². The molecule has 3 N–H and O–H groups in total. The van der Waals surface area contributed by atoms with E-state index in [1.807, 2.05) is 47.6 Å². The average Bonchev–Trinajstić information content (AvgIpc) is 2.82. The Bertz CT molecular complexity index is 600. The molecule has 0 radical (unpaired) electrons. The van der Waals surface area contributed by atoms with Gasteiger partial charge in [-0.25, -0.2) is 0 Å². The number of primary amides is 1. The van der Waals surface area contributed by atoms with Crippen molar-refractivity contribution in [3.05, 3.63) is 12.7 Å². The van der Waals surface area contributed by atoms with Crippen molar-refractivity contribution in [2.45, 2.75) is 188 Å². The van der Waals surface area contributed by atoms with Crippen LogP contribution in [0.5, 0.6) is 0 Å². The summed E-state index contributed by atoms with van der Waals surface area (Å²) in [5, 5.41) is 8.08. The maximum atomic E-state index is 10.4. The van der Waals surface area contributed by atoms with Crippen LogP contribution in [0.3, 0.4) is 0 Å². The van der Waals surface area contributed by atoms with Crippen LogP contribution in [0.2, 0.25) is 0 Å². The molecule has 0 rings (SSSR count). The predicted octanol–water partition coefficient (Wildman–Crippen LogP) is 14.1. The van der Waals surface area contributed by atoms with Crippen molar-refractivity contribution in [1.82, 2.24) is 4.90 Å². The molecule has 0 aliphatic heterocycles. The first-order valence-electron chi connectivity index (χ1n) is 17.1. The summed E-state index contributed by atoms with van der Waals surface area (Å²) in [7, 11) is 7.36. The minimum Gasteiger partial charge on any atom is -0.481 e. The highest BCUT2D eigenvalue weighted by Crippen LogP contribution is 2.00. The number of carboxylic acids is 1. The maximum Gasteiger partial charge on any atom is 0.305 e. The van der Waals surface area contributed by atoms with Crippen molar-refractivity contribution in [2.24, 2.45) is 47.2 Å². The Kier molecular flexibility index (Phi) is 126. The van der Waals surface area contributed by atoms with Crippen LogP contribution in [-0.2, 0) is 23.9 Å². The van der Waals surface area contributed by atoms with Gasteiger partial charge < -0.3 is 25.2 Å². The van der Waals surface area contributed by atoms with Crippen LogP contribution in [0.25, 0.3) is 0 Å². The number of amides is 1. The van der Waals surface area contributed by atoms with Crippen LogP contribution in [0.1, 0.15) is 188 Å². The quantitative estimate of drug-likeness (QED) is 0.141. The molecule has 338 valence electrons. The highest BCUT2D eigenvalue weighted by molar-refractivity contribution is 5.73. The van der Waals surface area contributed by atoms with E-state index in [1.54, 1.807) is 7.11 Å². The highest BCUT2D eigenvalue weighted by Gasteiger charge is 2.01. The molecular formula is C45H112N2O6. The zero-order valence-electron chi connectivity index (χ0n) is 34.3. The maximum absolute atomic E-state index is 10.4. The molecule has 0 heterocycles. The summed E-state index contributed by atoms with van der Waals surface area (Å²) in [4.78, 5) is 32.5. The molecule has 0 saturated heterocycles. The number of allylic oxidation sites excluding steroid dienone is 1. The van der Waals surface area contributed by atoms with Gasteiger partial charge in [0.05, 0.1) is 7.11 Å². The van der Waals surface area contributed by atoms with Crippen LogP contribution in [0.15, 0.2) is 12.7 Å². The number of rotatable bonds is 13. The molecule has 8 nitrogen and oxygen atoms in total. The summed E-state index contributed by atoms with van der Waals surface area (Å²) in [6.07, 6.45) is 5.70. The molecule has 0 fully saturated rings. The van der Waals surface area contributed by atoms with Gasteiger partial charge in [0, 0.05) is 33.0 Å². The van der Waals surface area contributed by atoms with Gasteiger partial charge in [-0.3, -0.25) is 14.4 Å². The molecule has 0 aromatic carbocycles. The summed E-state index contributed by atoms with van der Waals surface area (Å²) in [5.41, 5.74) is 4.85. The van der Waals surface area contributed by atoms with Crippen molar-refractivity contribution in [1.29, 1.82) is 0 Å². The van der Waals surface area contributed by atoms with E-state index >= 15 is 0 Å². The zero-order valence-corrected chi connectivity index (χ0v) is 34.3. The SMILES string of the molecule is C.C.C.C.C.C.C.C=CCC(C)C.CC(C)C.CC(C)CC(=O)O.CC(C)CC(N)=O.CC(C)CCN(C)C.COC(=O)CC(C)C.COCC(C)C. The Morgan fingerprint density at radius 3 is 1.00 bits per heavy atom. The fraction of sp³-hybridized carbons (Fsp3) is 0.889. The number of esters is 1. The third-order valence-electron chi connectivity index (χ3n) is 4.29. The number of aliphatic carboxylic acids is 1. The van der Waals surface area contributed by atoms with Gasteiger partial charge in [-0.1, -0.05) is 162 Å². The molecule has 53 heavy (non-hydrogen) atoms. The fourth-order valence-corrected chi connectivity index (χ4v) is 2.35. The normalized spacial score (nSPS) is 8.51. The van der Waals surface area contributed by atoms with Gasteiger partial charge in [-0.2, -0.15) is 0 Å². The fourth-order valence-electron chi connectivity index (χ4n) is 2.35. The Hall–Kier alpha value is -1.93. The van der Waals surface area contributed by atoms with Crippen molar-refractivity contribution >= 4 is 17.8 Å². The first-order valence-corrected chi connectivity index (χ1v) is 17.1. The van der Waals surface area contributed by atoms with E-state index in [1.165, 1.54) is 20.1 Å². The van der Waals surface area contributed by atoms with Gasteiger partial charge in [0.25, 0.3) is 0 Å². The Morgan fingerprint density at radius 2 is 0.962 bits per heavy atom. The number of nitrogens with two attached hydrogens (primary N) is 1. The van der Waals surface area contributed by atoms with Gasteiger partial charge in [-0.15, -0.1) is 6.58 Å². The van der Waals surface area contributed by atoms with Crippen molar-refractivity contribution in [3.63, 3.8) is 0 Å². The zero-order chi connectivity index (χ0) is 38.4. The molecule has 0 unspecified atom stereocenters. The molecule has 0 atom stereocenters. The van der Waals surface area contributed by atoms with E-state index in [-0.39, 0.29) is 76.2 Å². The molecule has 0 saturated carbocycles. The molecule has 0 spiro atoms. The lowest BCUT2D eigenvalue weighted by atomic mass is 10.1. The smallest absolute Gasteiger partial charge is 0.305 e. The van der Waals surface area contributed by atoms with Crippen molar-refractivity contribution in [2.75, 3.05) is 41.5 Å². The van der Waals surface area contributed by atoms with E-state index in [0.29, 0.717) is 30.6 Å². The van der Waals surface area contributed by atoms with Gasteiger partial charge in [-0.05, 0) is 74.9 Å². The Labute approximate surface area is 340 Å². The second-order valence-corrected chi connectivity index (χ2v) is 14.7. The van der Waals surface area contributed by atoms with Gasteiger partial charge in [0.1, 0.15) is 0 Å². The lowest BCUT2D eigenvalue weighted by Gasteiger charge is -2.10. The molecule has 0 aromatic heterocycles. The van der Waals surface area contributed by atoms with Gasteiger partial charge in [0.15, 0.2) is 0 Å². The molecule has 0 aliphatic carbocycles. The van der Waals surface area contributed by atoms with Crippen LogP contribution in [-0.4, -0.2) is 69.3 Å². The summed E-state index contributed by atoms with van der Waals surface area (Å²) >= 11 is 0. The van der Waals surface area contributed by atoms with Crippen LogP contribution < -0.4 is 5.73 Å².